The number of rotatable bonds is 6. The fraction of sp³-hybridized carbons (Fsp3) is 0.500. The molecule has 0 heterocycles. The Labute approximate surface area is 114 Å². The van der Waals surface area contributed by atoms with Crippen molar-refractivity contribution in [2.24, 2.45) is 5.73 Å². The number of carbonyl (C=O) groups is 1. The van der Waals surface area contributed by atoms with Gasteiger partial charge in [0, 0.05) is 26.2 Å². The molecule has 0 aliphatic heterocycles. The lowest BCUT2D eigenvalue weighted by Gasteiger charge is -2.16. The number of nitrogens with zero attached hydrogens (tertiary/aromatic N) is 1. The summed E-state index contributed by atoms with van der Waals surface area (Å²) in [6, 6.07) is 5.58. The Hall–Kier alpha value is -1.75. The molecule has 1 amide bonds. The Morgan fingerprint density at radius 2 is 2.11 bits per heavy atom. The van der Waals surface area contributed by atoms with E-state index in [0.29, 0.717) is 17.9 Å². The van der Waals surface area contributed by atoms with Crippen LogP contribution in [0.5, 0.6) is 11.5 Å². The Morgan fingerprint density at radius 1 is 1.42 bits per heavy atom. The minimum Gasteiger partial charge on any atom is -0.497 e. The molecule has 0 bridgehead atoms. The zero-order valence-electron chi connectivity index (χ0n) is 12.0. The summed E-state index contributed by atoms with van der Waals surface area (Å²) in [6.45, 7) is 1.94. The topological polar surface area (TPSA) is 64.8 Å². The van der Waals surface area contributed by atoms with Gasteiger partial charge in [0.25, 0.3) is 5.91 Å². The molecule has 0 radical (unpaired) electrons. The number of likely N-dealkylation sites (N-methyl/N-ethyl adjacent to an activating group) is 1. The lowest BCUT2D eigenvalue weighted by Crippen LogP contribution is -2.28. The first kappa shape index (κ1) is 15.3. The molecule has 0 aromatic heterocycles. The molecule has 1 rings (SSSR count). The number of hydrogen-bond acceptors (Lipinski definition) is 4. The van der Waals surface area contributed by atoms with Crippen LogP contribution in [-0.4, -0.2) is 44.7 Å². The maximum absolute atomic E-state index is 11.5. The van der Waals surface area contributed by atoms with Crippen LogP contribution in [0.15, 0.2) is 18.2 Å². The summed E-state index contributed by atoms with van der Waals surface area (Å²) in [4.78, 5) is 13.0. The van der Waals surface area contributed by atoms with Crippen molar-refractivity contribution in [2.45, 2.75) is 19.4 Å². The molecule has 5 heteroatoms. The van der Waals surface area contributed by atoms with Gasteiger partial charge in [0.2, 0.25) is 0 Å². The highest BCUT2D eigenvalue weighted by Gasteiger charge is 2.11. The molecule has 1 aromatic carbocycles. The summed E-state index contributed by atoms with van der Waals surface area (Å²) in [5.41, 5.74) is 6.78. The Balaban J connectivity index is 2.85. The van der Waals surface area contributed by atoms with Crippen LogP contribution in [0.2, 0.25) is 0 Å². The minimum atomic E-state index is -0.0884. The number of ether oxygens (including phenoxy) is 2. The molecule has 0 saturated heterocycles. The number of benzene rings is 1. The average molecular weight is 266 g/mol. The van der Waals surface area contributed by atoms with Crippen molar-refractivity contribution < 1.29 is 14.3 Å². The molecule has 1 unspecified atom stereocenters. The molecule has 19 heavy (non-hydrogen) atoms. The molecular formula is C14H22N2O3. The first-order valence-corrected chi connectivity index (χ1v) is 6.19. The van der Waals surface area contributed by atoms with E-state index >= 15 is 0 Å². The van der Waals surface area contributed by atoms with E-state index in [0.717, 1.165) is 5.56 Å². The van der Waals surface area contributed by atoms with Crippen LogP contribution in [0.25, 0.3) is 0 Å². The summed E-state index contributed by atoms with van der Waals surface area (Å²) >= 11 is 0. The molecule has 0 saturated carbocycles. The molecular weight excluding hydrogens is 244 g/mol. The van der Waals surface area contributed by atoms with Gasteiger partial charge in [-0.1, -0.05) is 6.07 Å². The third kappa shape index (κ3) is 4.79. The van der Waals surface area contributed by atoms with Gasteiger partial charge in [0.15, 0.2) is 6.61 Å². The number of amides is 1. The third-order valence-electron chi connectivity index (χ3n) is 2.67. The summed E-state index contributed by atoms with van der Waals surface area (Å²) in [6.07, 6.45) is 0.690. The van der Waals surface area contributed by atoms with Crippen LogP contribution in [0.3, 0.4) is 0 Å². The average Bonchev–Trinajstić information content (AvgIpc) is 2.36. The SMILES string of the molecule is COc1ccc(CC(C)N)c(OCC(=O)N(C)C)c1. The van der Waals surface area contributed by atoms with Gasteiger partial charge in [0.1, 0.15) is 11.5 Å². The monoisotopic (exact) mass is 266 g/mol. The van der Waals surface area contributed by atoms with Gasteiger partial charge >= 0.3 is 0 Å². The molecule has 0 spiro atoms. The van der Waals surface area contributed by atoms with Crippen molar-refractivity contribution in [3.63, 3.8) is 0 Å². The predicted octanol–water partition coefficient (Wildman–Crippen LogP) is 1.05. The van der Waals surface area contributed by atoms with E-state index in [1.165, 1.54) is 4.90 Å². The Kier molecular flexibility index (Phi) is 5.63. The van der Waals surface area contributed by atoms with Crippen molar-refractivity contribution in [1.29, 1.82) is 0 Å². The number of methoxy groups -OCH3 is 1. The van der Waals surface area contributed by atoms with Crippen molar-refractivity contribution in [1.82, 2.24) is 4.90 Å². The zero-order valence-corrected chi connectivity index (χ0v) is 12.0. The number of nitrogens with two attached hydrogens (primary N) is 1. The fourth-order valence-electron chi connectivity index (χ4n) is 1.58. The Bertz CT molecular complexity index is 431. The minimum absolute atomic E-state index is 0.00607. The molecule has 0 aliphatic rings. The van der Waals surface area contributed by atoms with Crippen LogP contribution >= 0.6 is 0 Å². The molecule has 0 aliphatic carbocycles. The highest BCUT2D eigenvalue weighted by Crippen LogP contribution is 2.25. The summed E-state index contributed by atoms with van der Waals surface area (Å²) in [5, 5.41) is 0. The van der Waals surface area contributed by atoms with Crippen molar-refractivity contribution in [3.8, 4) is 11.5 Å². The van der Waals surface area contributed by atoms with E-state index in [9.17, 15) is 4.79 Å². The van der Waals surface area contributed by atoms with E-state index < -0.39 is 0 Å². The van der Waals surface area contributed by atoms with Crippen LogP contribution in [-0.2, 0) is 11.2 Å². The van der Waals surface area contributed by atoms with E-state index in [1.54, 1.807) is 27.3 Å². The van der Waals surface area contributed by atoms with Crippen molar-refractivity contribution in [2.75, 3.05) is 27.8 Å². The fourth-order valence-corrected chi connectivity index (χ4v) is 1.58. The molecule has 106 valence electrons. The number of carbonyl (C=O) groups excluding carboxylic acids is 1. The van der Waals surface area contributed by atoms with Crippen LogP contribution in [0, 0.1) is 0 Å². The van der Waals surface area contributed by atoms with Crippen molar-refractivity contribution in [3.05, 3.63) is 23.8 Å². The Morgan fingerprint density at radius 3 is 2.63 bits per heavy atom. The molecule has 2 N–H and O–H groups in total. The summed E-state index contributed by atoms with van der Waals surface area (Å²) < 4.78 is 10.7. The largest absolute Gasteiger partial charge is 0.497 e. The standard InChI is InChI=1S/C14H22N2O3/c1-10(15)7-11-5-6-12(18-4)8-13(11)19-9-14(17)16(2)3/h5-6,8,10H,7,9,15H2,1-4H3. The van der Waals surface area contributed by atoms with Crippen molar-refractivity contribution >= 4 is 5.91 Å². The van der Waals surface area contributed by atoms with Crippen LogP contribution in [0.4, 0.5) is 0 Å². The van der Waals surface area contributed by atoms with Crippen LogP contribution in [0.1, 0.15) is 12.5 Å². The third-order valence-corrected chi connectivity index (χ3v) is 2.67. The lowest BCUT2D eigenvalue weighted by molar-refractivity contribution is -0.130. The highest BCUT2D eigenvalue weighted by molar-refractivity contribution is 5.77. The first-order chi connectivity index (χ1) is 8.93. The summed E-state index contributed by atoms with van der Waals surface area (Å²) in [5.74, 6) is 1.25. The smallest absolute Gasteiger partial charge is 0.259 e. The van der Waals surface area contributed by atoms with Gasteiger partial charge in [-0.25, -0.2) is 0 Å². The quantitative estimate of drug-likeness (QED) is 0.836. The zero-order chi connectivity index (χ0) is 14.4. The normalized spacial score (nSPS) is 11.8. The predicted molar refractivity (Wildman–Crippen MR) is 74.5 cm³/mol. The van der Waals surface area contributed by atoms with E-state index in [2.05, 4.69) is 0 Å². The maximum atomic E-state index is 11.5. The molecule has 5 nitrogen and oxygen atoms in total. The lowest BCUT2D eigenvalue weighted by atomic mass is 10.1. The van der Waals surface area contributed by atoms with Gasteiger partial charge in [0.05, 0.1) is 7.11 Å². The second kappa shape index (κ2) is 6.99. The molecule has 0 fully saturated rings. The molecule has 1 aromatic rings. The number of hydrogen-bond donors (Lipinski definition) is 1. The van der Waals surface area contributed by atoms with Gasteiger partial charge in [-0.3, -0.25) is 4.79 Å². The highest BCUT2D eigenvalue weighted by atomic mass is 16.5. The molecule has 1 atom stereocenters. The van der Waals surface area contributed by atoms with Gasteiger partial charge < -0.3 is 20.1 Å². The van der Waals surface area contributed by atoms with Gasteiger partial charge in [-0.2, -0.15) is 0 Å². The first-order valence-electron chi connectivity index (χ1n) is 6.19. The maximum Gasteiger partial charge on any atom is 0.259 e. The second-order valence-electron chi connectivity index (χ2n) is 4.73. The van der Waals surface area contributed by atoms with E-state index in [-0.39, 0.29) is 18.6 Å². The summed E-state index contributed by atoms with van der Waals surface area (Å²) in [7, 11) is 4.98. The van der Waals surface area contributed by atoms with Gasteiger partial charge in [-0.05, 0) is 25.0 Å². The van der Waals surface area contributed by atoms with Crippen LogP contribution < -0.4 is 15.2 Å². The van der Waals surface area contributed by atoms with E-state index in [4.69, 9.17) is 15.2 Å². The second-order valence-corrected chi connectivity index (χ2v) is 4.73. The van der Waals surface area contributed by atoms with Gasteiger partial charge in [-0.15, -0.1) is 0 Å². The van der Waals surface area contributed by atoms with E-state index in [1.807, 2.05) is 19.1 Å².